The summed E-state index contributed by atoms with van der Waals surface area (Å²) in [4.78, 5) is 38.4. The van der Waals surface area contributed by atoms with Crippen LogP contribution in [0, 0.1) is 5.92 Å². The summed E-state index contributed by atoms with van der Waals surface area (Å²) in [5.74, 6) is 0.832. The van der Waals surface area contributed by atoms with Crippen molar-refractivity contribution >= 4 is 17.8 Å². The monoisotopic (exact) mass is 359 g/mol. The van der Waals surface area contributed by atoms with Crippen molar-refractivity contribution in [1.82, 2.24) is 15.5 Å². The highest BCUT2D eigenvalue weighted by Gasteiger charge is 2.50. The second-order valence-corrected chi connectivity index (χ2v) is 7.21. The summed E-state index contributed by atoms with van der Waals surface area (Å²) in [5.41, 5.74) is -0.671. The highest BCUT2D eigenvalue weighted by molar-refractivity contribution is 6.09. The van der Waals surface area contributed by atoms with Gasteiger partial charge >= 0.3 is 6.03 Å². The number of ether oxygens (including phenoxy) is 2. The van der Waals surface area contributed by atoms with Crippen LogP contribution in [0.15, 0.2) is 18.2 Å². The number of fused-ring (bicyclic) bond motifs is 1. The molecule has 0 spiro atoms. The van der Waals surface area contributed by atoms with Gasteiger partial charge in [-0.1, -0.05) is 6.07 Å². The zero-order chi connectivity index (χ0) is 18.5. The fourth-order valence-corrected chi connectivity index (χ4v) is 3.40. The zero-order valence-corrected chi connectivity index (χ0v) is 14.7. The molecule has 1 aliphatic carbocycles. The van der Waals surface area contributed by atoms with Gasteiger partial charge in [0.2, 0.25) is 12.7 Å². The van der Waals surface area contributed by atoms with Gasteiger partial charge in [-0.05, 0) is 50.3 Å². The van der Waals surface area contributed by atoms with Gasteiger partial charge in [-0.3, -0.25) is 14.5 Å². The Morgan fingerprint density at radius 1 is 1.35 bits per heavy atom. The van der Waals surface area contributed by atoms with E-state index in [1.807, 2.05) is 6.92 Å². The summed E-state index contributed by atoms with van der Waals surface area (Å²) in [7, 11) is 0. The molecule has 0 aromatic heterocycles. The Hall–Kier alpha value is -2.77. The van der Waals surface area contributed by atoms with Crippen LogP contribution in [0.1, 0.15) is 32.3 Å². The first-order valence-corrected chi connectivity index (χ1v) is 8.72. The Kier molecular flexibility index (Phi) is 3.78. The van der Waals surface area contributed by atoms with Crippen molar-refractivity contribution in [2.75, 3.05) is 13.3 Å². The van der Waals surface area contributed by atoms with E-state index in [2.05, 4.69) is 10.6 Å². The van der Waals surface area contributed by atoms with E-state index in [1.54, 1.807) is 25.1 Å². The van der Waals surface area contributed by atoms with E-state index in [1.165, 1.54) is 0 Å². The fourth-order valence-electron chi connectivity index (χ4n) is 3.40. The lowest BCUT2D eigenvalue weighted by Gasteiger charge is -2.22. The van der Waals surface area contributed by atoms with Crippen LogP contribution >= 0.6 is 0 Å². The lowest BCUT2D eigenvalue weighted by Crippen LogP contribution is -2.45. The number of carbonyl (C=O) groups is 3. The summed E-state index contributed by atoms with van der Waals surface area (Å²) in [6, 6.07) is 4.58. The number of nitrogens with one attached hydrogen (secondary N) is 2. The van der Waals surface area contributed by atoms with Crippen molar-refractivity contribution in [2.45, 2.75) is 38.3 Å². The highest BCUT2D eigenvalue weighted by atomic mass is 16.7. The van der Waals surface area contributed by atoms with Crippen LogP contribution in [0.4, 0.5) is 4.79 Å². The van der Waals surface area contributed by atoms with Crippen molar-refractivity contribution in [3.8, 4) is 11.5 Å². The van der Waals surface area contributed by atoms with Crippen molar-refractivity contribution in [3.63, 3.8) is 0 Å². The van der Waals surface area contributed by atoms with Crippen molar-refractivity contribution < 1.29 is 23.9 Å². The second kappa shape index (κ2) is 5.89. The number of imide groups is 1. The predicted molar refractivity (Wildman–Crippen MR) is 90.5 cm³/mol. The SMILES string of the molecule is C[C@H](NC(=O)CN1C(=O)N[C@@](C)(c2ccc3c(c2)OCO3)C1=O)C1CC1. The maximum Gasteiger partial charge on any atom is 0.325 e. The Labute approximate surface area is 150 Å². The van der Waals surface area contributed by atoms with E-state index >= 15 is 0 Å². The molecule has 8 nitrogen and oxygen atoms in total. The first-order chi connectivity index (χ1) is 12.4. The minimum Gasteiger partial charge on any atom is -0.454 e. The van der Waals surface area contributed by atoms with Crippen LogP contribution in [0.5, 0.6) is 11.5 Å². The molecule has 2 aliphatic heterocycles. The third-order valence-electron chi connectivity index (χ3n) is 5.24. The molecule has 2 atom stereocenters. The molecule has 2 N–H and O–H groups in total. The maximum atomic E-state index is 12.9. The number of rotatable bonds is 5. The van der Waals surface area contributed by atoms with Gasteiger partial charge < -0.3 is 20.1 Å². The average molecular weight is 359 g/mol. The summed E-state index contributed by atoms with van der Waals surface area (Å²) in [6.07, 6.45) is 2.21. The fraction of sp³-hybridized carbons (Fsp3) is 0.500. The third-order valence-corrected chi connectivity index (χ3v) is 5.24. The van der Waals surface area contributed by atoms with E-state index in [0.717, 1.165) is 17.7 Å². The molecule has 2 heterocycles. The predicted octanol–water partition coefficient (Wildman–Crippen LogP) is 1.10. The van der Waals surface area contributed by atoms with Crippen molar-refractivity contribution in [2.24, 2.45) is 5.92 Å². The topological polar surface area (TPSA) is 97.0 Å². The zero-order valence-electron chi connectivity index (χ0n) is 14.7. The van der Waals surface area contributed by atoms with Crippen LogP contribution in [-0.4, -0.2) is 42.1 Å². The molecule has 0 bridgehead atoms. The largest absolute Gasteiger partial charge is 0.454 e. The maximum absolute atomic E-state index is 12.9. The molecule has 0 unspecified atom stereocenters. The molecule has 2 fully saturated rings. The summed E-state index contributed by atoms with van der Waals surface area (Å²) in [5, 5.41) is 5.55. The molecule has 1 aromatic carbocycles. The number of benzene rings is 1. The van der Waals surface area contributed by atoms with Gasteiger partial charge in [-0.25, -0.2) is 4.79 Å². The molecule has 4 amide bonds. The Balaban J connectivity index is 1.50. The van der Waals surface area contributed by atoms with E-state index in [9.17, 15) is 14.4 Å². The number of hydrogen-bond acceptors (Lipinski definition) is 5. The van der Waals surface area contributed by atoms with Gasteiger partial charge in [-0.2, -0.15) is 0 Å². The van der Waals surface area contributed by atoms with Gasteiger partial charge in [0.15, 0.2) is 11.5 Å². The average Bonchev–Trinajstić information content (AvgIpc) is 3.31. The lowest BCUT2D eigenvalue weighted by atomic mass is 9.91. The van der Waals surface area contributed by atoms with Gasteiger partial charge in [0.05, 0.1) is 0 Å². The number of amides is 4. The Bertz CT molecular complexity index is 791. The molecule has 1 saturated heterocycles. The van der Waals surface area contributed by atoms with Gasteiger partial charge in [-0.15, -0.1) is 0 Å². The number of carbonyl (C=O) groups excluding carboxylic acids is 3. The molecule has 138 valence electrons. The minimum atomic E-state index is -1.25. The highest BCUT2D eigenvalue weighted by Crippen LogP contribution is 2.38. The number of nitrogens with zero attached hydrogens (tertiary/aromatic N) is 1. The van der Waals surface area contributed by atoms with Crippen molar-refractivity contribution in [1.29, 1.82) is 0 Å². The van der Waals surface area contributed by atoms with Crippen molar-refractivity contribution in [3.05, 3.63) is 23.8 Å². The van der Waals surface area contributed by atoms with Gasteiger partial charge in [0.1, 0.15) is 12.1 Å². The quantitative estimate of drug-likeness (QED) is 0.768. The summed E-state index contributed by atoms with van der Waals surface area (Å²) >= 11 is 0. The summed E-state index contributed by atoms with van der Waals surface area (Å²) in [6.45, 7) is 3.40. The van der Waals surface area contributed by atoms with Crippen LogP contribution in [-0.2, 0) is 15.1 Å². The molecule has 1 aromatic rings. The van der Waals surface area contributed by atoms with Crippen LogP contribution < -0.4 is 20.1 Å². The first-order valence-electron chi connectivity index (χ1n) is 8.72. The third kappa shape index (κ3) is 2.75. The first kappa shape index (κ1) is 16.7. The van der Waals surface area contributed by atoms with E-state index in [0.29, 0.717) is 23.0 Å². The van der Waals surface area contributed by atoms with Crippen LogP contribution in [0.25, 0.3) is 0 Å². The molecule has 3 aliphatic rings. The Morgan fingerprint density at radius 2 is 2.08 bits per heavy atom. The number of urea groups is 1. The molecular weight excluding hydrogens is 338 g/mol. The van der Waals surface area contributed by atoms with Gasteiger partial charge in [0, 0.05) is 6.04 Å². The second-order valence-electron chi connectivity index (χ2n) is 7.21. The molecule has 26 heavy (non-hydrogen) atoms. The number of hydrogen-bond donors (Lipinski definition) is 2. The summed E-state index contributed by atoms with van der Waals surface area (Å²) < 4.78 is 10.6. The van der Waals surface area contributed by atoms with Crippen LogP contribution in [0.3, 0.4) is 0 Å². The molecular formula is C18H21N3O5. The van der Waals surface area contributed by atoms with E-state index in [-0.39, 0.29) is 25.3 Å². The van der Waals surface area contributed by atoms with Gasteiger partial charge in [0.25, 0.3) is 5.91 Å². The minimum absolute atomic E-state index is 0.0588. The molecule has 4 rings (SSSR count). The normalized spacial score (nSPS) is 25.2. The Morgan fingerprint density at radius 3 is 2.81 bits per heavy atom. The smallest absolute Gasteiger partial charge is 0.325 e. The molecule has 1 saturated carbocycles. The standard InChI is InChI=1S/C18H21N3O5/c1-10(11-3-4-11)19-15(22)8-21-16(23)18(2,20-17(21)24)12-5-6-13-14(7-12)26-9-25-13/h5-7,10-11H,3-4,8-9H2,1-2H3,(H,19,22)(H,20,24)/t10-,18-/m0/s1. The van der Waals surface area contributed by atoms with E-state index in [4.69, 9.17) is 9.47 Å². The van der Waals surface area contributed by atoms with Crippen LogP contribution in [0.2, 0.25) is 0 Å². The molecule has 0 radical (unpaired) electrons. The van der Waals surface area contributed by atoms with E-state index < -0.39 is 17.5 Å². The molecule has 8 heteroatoms. The lowest BCUT2D eigenvalue weighted by molar-refractivity contribution is -0.135.